The van der Waals surface area contributed by atoms with Crippen molar-refractivity contribution in [1.29, 1.82) is 0 Å². The van der Waals surface area contributed by atoms with Crippen molar-refractivity contribution in [3.8, 4) is 0 Å². The number of fused-ring (bicyclic) bond motifs is 1. The molecule has 0 saturated carbocycles. The number of hydrogen-bond donors (Lipinski definition) is 1. The van der Waals surface area contributed by atoms with Gasteiger partial charge in [-0.25, -0.2) is 13.1 Å². The second kappa shape index (κ2) is 8.80. The summed E-state index contributed by atoms with van der Waals surface area (Å²) in [4.78, 5) is 2.85. The standard InChI is InChI=1S/C21H28N2O2S/c1-18-8-7-11-21(16-18)26(24,25)22-13-5-2-6-14-23-15-12-19-9-3-4-10-20(19)17-23/h3-4,7-11,16,22H,2,5-6,12-15,17H2,1H3. The minimum absolute atomic E-state index is 0.351. The van der Waals surface area contributed by atoms with Gasteiger partial charge in [0.05, 0.1) is 4.90 Å². The van der Waals surface area contributed by atoms with Crippen molar-refractivity contribution in [1.82, 2.24) is 9.62 Å². The van der Waals surface area contributed by atoms with Gasteiger partial charge in [-0.15, -0.1) is 0 Å². The molecule has 1 heterocycles. The maximum atomic E-state index is 12.3. The number of rotatable bonds is 8. The summed E-state index contributed by atoms with van der Waals surface area (Å²) < 4.78 is 27.2. The topological polar surface area (TPSA) is 49.4 Å². The minimum atomic E-state index is -3.38. The first-order valence-corrected chi connectivity index (χ1v) is 10.9. The fourth-order valence-electron chi connectivity index (χ4n) is 3.45. The fraction of sp³-hybridized carbons (Fsp3) is 0.429. The number of nitrogens with one attached hydrogen (secondary N) is 1. The van der Waals surface area contributed by atoms with Gasteiger partial charge in [0.25, 0.3) is 0 Å². The lowest BCUT2D eigenvalue weighted by atomic mass is 10.00. The largest absolute Gasteiger partial charge is 0.299 e. The summed E-state index contributed by atoms with van der Waals surface area (Å²) in [6, 6.07) is 15.7. The lowest BCUT2D eigenvalue weighted by Crippen LogP contribution is -2.31. The van der Waals surface area contributed by atoms with Gasteiger partial charge in [-0.2, -0.15) is 0 Å². The van der Waals surface area contributed by atoms with Gasteiger partial charge in [-0.3, -0.25) is 4.90 Å². The molecule has 5 heteroatoms. The predicted octanol–water partition coefficient (Wildman–Crippen LogP) is 3.50. The van der Waals surface area contributed by atoms with Crippen LogP contribution in [0, 0.1) is 6.92 Å². The third-order valence-electron chi connectivity index (χ3n) is 4.95. The first-order valence-electron chi connectivity index (χ1n) is 9.40. The lowest BCUT2D eigenvalue weighted by Gasteiger charge is -2.28. The molecule has 2 aromatic carbocycles. The van der Waals surface area contributed by atoms with E-state index in [1.807, 2.05) is 13.0 Å². The third kappa shape index (κ3) is 5.16. The van der Waals surface area contributed by atoms with E-state index in [9.17, 15) is 8.42 Å². The zero-order chi connectivity index (χ0) is 18.4. The molecule has 0 aliphatic carbocycles. The van der Waals surface area contributed by atoms with E-state index >= 15 is 0 Å². The normalized spacial score (nSPS) is 15.0. The molecular weight excluding hydrogens is 344 g/mol. The summed E-state index contributed by atoms with van der Waals surface area (Å²) in [6.45, 7) is 5.64. The van der Waals surface area contributed by atoms with Crippen LogP contribution in [0.2, 0.25) is 0 Å². The van der Waals surface area contributed by atoms with E-state index in [0.717, 1.165) is 50.9 Å². The number of sulfonamides is 1. The Morgan fingerprint density at radius 3 is 2.62 bits per heavy atom. The number of hydrogen-bond acceptors (Lipinski definition) is 3. The fourth-order valence-corrected chi connectivity index (χ4v) is 4.63. The Balaban J connectivity index is 1.35. The Morgan fingerprint density at radius 2 is 1.81 bits per heavy atom. The van der Waals surface area contributed by atoms with E-state index in [4.69, 9.17) is 0 Å². The number of benzene rings is 2. The first-order chi connectivity index (χ1) is 12.5. The molecule has 0 aromatic heterocycles. The van der Waals surface area contributed by atoms with Crippen molar-refractivity contribution in [3.63, 3.8) is 0 Å². The lowest BCUT2D eigenvalue weighted by molar-refractivity contribution is 0.248. The van der Waals surface area contributed by atoms with Crippen molar-refractivity contribution >= 4 is 10.0 Å². The van der Waals surface area contributed by atoms with Crippen molar-refractivity contribution in [2.75, 3.05) is 19.6 Å². The van der Waals surface area contributed by atoms with E-state index in [-0.39, 0.29) is 0 Å². The van der Waals surface area contributed by atoms with Gasteiger partial charge in [0.15, 0.2) is 0 Å². The Morgan fingerprint density at radius 1 is 1.00 bits per heavy atom. The maximum absolute atomic E-state index is 12.3. The second-order valence-corrected chi connectivity index (χ2v) is 8.84. The molecule has 1 N–H and O–H groups in total. The van der Waals surface area contributed by atoms with E-state index in [1.54, 1.807) is 18.2 Å². The Kier molecular flexibility index (Phi) is 6.46. The monoisotopic (exact) mass is 372 g/mol. The van der Waals surface area contributed by atoms with Gasteiger partial charge in [0, 0.05) is 19.6 Å². The average Bonchev–Trinajstić information content (AvgIpc) is 2.64. The van der Waals surface area contributed by atoms with Crippen molar-refractivity contribution < 1.29 is 8.42 Å². The molecule has 2 aromatic rings. The summed E-state index contributed by atoms with van der Waals surface area (Å²) in [7, 11) is -3.38. The maximum Gasteiger partial charge on any atom is 0.240 e. The molecule has 140 valence electrons. The summed E-state index contributed by atoms with van der Waals surface area (Å²) in [5, 5.41) is 0. The SMILES string of the molecule is Cc1cccc(S(=O)(=O)NCCCCCN2CCc3ccccc3C2)c1. The van der Waals surface area contributed by atoms with Crippen LogP contribution in [0.15, 0.2) is 53.4 Å². The molecule has 0 unspecified atom stereocenters. The Hall–Kier alpha value is -1.69. The zero-order valence-electron chi connectivity index (χ0n) is 15.4. The summed E-state index contributed by atoms with van der Waals surface area (Å²) in [5.41, 5.74) is 3.88. The van der Waals surface area contributed by atoms with Gasteiger partial charge in [0.1, 0.15) is 0 Å². The Bertz CT molecular complexity index is 833. The molecule has 0 saturated heterocycles. The third-order valence-corrected chi connectivity index (χ3v) is 6.41. The minimum Gasteiger partial charge on any atom is -0.299 e. The number of nitrogens with zero attached hydrogens (tertiary/aromatic N) is 1. The van der Waals surface area contributed by atoms with Gasteiger partial charge in [0.2, 0.25) is 10.0 Å². The zero-order valence-corrected chi connectivity index (χ0v) is 16.3. The highest BCUT2D eigenvalue weighted by Gasteiger charge is 2.15. The Labute approximate surface area is 157 Å². The molecule has 0 amide bonds. The van der Waals surface area contributed by atoms with Crippen LogP contribution < -0.4 is 4.72 Å². The number of unbranched alkanes of at least 4 members (excludes halogenated alkanes) is 2. The summed E-state index contributed by atoms with van der Waals surface area (Å²) >= 11 is 0. The molecule has 0 fully saturated rings. The molecular formula is C21H28N2O2S. The van der Waals surface area contributed by atoms with Crippen LogP contribution in [0.4, 0.5) is 0 Å². The molecule has 4 nitrogen and oxygen atoms in total. The van der Waals surface area contributed by atoms with Gasteiger partial charge >= 0.3 is 0 Å². The molecule has 3 rings (SSSR count). The van der Waals surface area contributed by atoms with Crippen LogP contribution in [0.3, 0.4) is 0 Å². The van der Waals surface area contributed by atoms with Crippen LogP contribution in [0.5, 0.6) is 0 Å². The summed E-state index contributed by atoms with van der Waals surface area (Å²) in [5.74, 6) is 0. The first kappa shape index (κ1) is 19.1. The van der Waals surface area contributed by atoms with Gasteiger partial charge in [-0.1, -0.05) is 42.8 Å². The molecule has 0 atom stereocenters. The average molecular weight is 373 g/mol. The highest BCUT2D eigenvalue weighted by Crippen LogP contribution is 2.18. The van der Waals surface area contributed by atoms with Gasteiger partial charge in [-0.05, 0) is 61.6 Å². The highest BCUT2D eigenvalue weighted by atomic mass is 32.2. The molecule has 0 spiro atoms. The summed E-state index contributed by atoms with van der Waals surface area (Å²) in [6.07, 6.45) is 4.14. The van der Waals surface area contributed by atoms with Gasteiger partial charge < -0.3 is 0 Å². The van der Waals surface area contributed by atoms with Crippen LogP contribution >= 0.6 is 0 Å². The molecule has 26 heavy (non-hydrogen) atoms. The van der Waals surface area contributed by atoms with Crippen LogP contribution in [-0.2, 0) is 23.0 Å². The van der Waals surface area contributed by atoms with E-state index in [2.05, 4.69) is 33.9 Å². The predicted molar refractivity (Wildman–Crippen MR) is 106 cm³/mol. The molecule has 0 radical (unpaired) electrons. The van der Waals surface area contributed by atoms with Crippen molar-refractivity contribution in [3.05, 3.63) is 65.2 Å². The number of aryl methyl sites for hydroxylation is 1. The second-order valence-electron chi connectivity index (χ2n) is 7.07. The molecule has 1 aliphatic rings. The smallest absolute Gasteiger partial charge is 0.240 e. The van der Waals surface area contributed by atoms with E-state index < -0.39 is 10.0 Å². The van der Waals surface area contributed by atoms with Crippen molar-refractivity contribution in [2.45, 2.75) is 44.0 Å². The van der Waals surface area contributed by atoms with Crippen LogP contribution in [-0.4, -0.2) is 33.0 Å². The van der Waals surface area contributed by atoms with E-state index in [0.29, 0.717) is 11.4 Å². The quantitative estimate of drug-likeness (QED) is 0.722. The molecule has 0 bridgehead atoms. The van der Waals surface area contributed by atoms with Crippen LogP contribution in [0.1, 0.15) is 36.0 Å². The molecule has 1 aliphatic heterocycles. The highest BCUT2D eigenvalue weighted by molar-refractivity contribution is 7.89. The van der Waals surface area contributed by atoms with Crippen LogP contribution in [0.25, 0.3) is 0 Å². The van der Waals surface area contributed by atoms with Crippen molar-refractivity contribution in [2.24, 2.45) is 0 Å². The van der Waals surface area contributed by atoms with E-state index in [1.165, 1.54) is 11.1 Å².